The van der Waals surface area contributed by atoms with Crippen molar-refractivity contribution in [1.29, 1.82) is 0 Å². The van der Waals surface area contributed by atoms with Gasteiger partial charge in [-0.25, -0.2) is 0 Å². The lowest BCUT2D eigenvalue weighted by Crippen LogP contribution is -2.09. The van der Waals surface area contributed by atoms with Crippen LogP contribution in [0.15, 0.2) is 48.6 Å². The molecule has 0 amide bonds. The molecule has 0 aliphatic heterocycles. The SMILES string of the molecule is CC/C=C\C/C=C\C/C=C\C(/C=C\CC)OC(C)=S. The van der Waals surface area contributed by atoms with E-state index in [1.165, 1.54) is 0 Å². The molecule has 0 fully saturated rings. The van der Waals surface area contributed by atoms with E-state index in [1.54, 1.807) is 6.92 Å². The lowest BCUT2D eigenvalue weighted by Gasteiger charge is -2.09. The summed E-state index contributed by atoms with van der Waals surface area (Å²) in [5.41, 5.74) is 0. The Hall–Kier alpha value is -1.15. The number of ether oxygens (including phenoxy) is 1. The summed E-state index contributed by atoms with van der Waals surface area (Å²) < 4.78 is 5.53. The molecule has 0 aromatic carbocycles. The molecule has 0 aromatic heterocycles. The molecule has 0 saturated heterocycles. The summed E-state index contributed by atoms with van der Waals surface area (Å²) in [4.78, 5) is 0. The standard InChI is InChI=1S/C17H26OS/c1-4-6-8-9-10-11-12-13-15-17(14-7-5-2)18-16(3)19/h6-8,10-11,13-15,17H,4-5,9,12H2,1-3H3/b8-6-,11-10-,14-7-,15-13-. The van der Waals surface area contributed by atoms with Gasteiger partial charge in [0.2, 0.25) is 0 Å². The highest BCUT2D eigenvalue weighted by Gasteiger charge is 1.99. The monoisotopic (exact) mass is 278 g/mol. The molecule has 106 valence electrons. The van der Waals surface area contributed by atoms with Gasteiger partial charge < -0.3 is 4.74 Å². The molecule has 0 rings (SSSR count). The quantitative estimate of drug-likeness (QED) is 0.404. The zero-order chi connectivity index (χ0) is 14.3. The van der Waals surface area contributed by atoms with Crippen LogP contribution in [0.25, 0.3) is 0 Å². The number of rotatable bonds is 9. The van der Waals surface area contributed by atoms with Gasteiger partial charge in [-0.3, -0.25) is 0 Å². The number of hydrogen-bond donors (Lipinski definition) is 0. The van der Waals surface area contributed by atoms with Crippen molar-refractivity contribution in [3.63, 3.8) is 0 Å². The summed E-state index contributed by atoms with van der Waals surface area (Å²) in [5, 5.41) is 0.579. The Morgan fingerprint density at radius 3 is 2.00 bits per heavy atom. The molecule has 19 heavy (non-hydrogen) atoms. The fourth-order valence-electron chi connectivity index (χ4n) is 1.43. The molecule has 1 unspecified atom stereocenters. The van der Waals surface area contributed by atoms with Crippen LogP contribution in [0.2, 0.25) is 0 Å². The molecular formula is C17H26OS. The van der Waals surface area contributed by atoms with Crippen molar-refractivity contribution in [3.8, 4) is 0 Å². The van der Waals surface area contributed by atoms with Crippen molar-refractivity contribution in [2.45, 2.75) is 52.6 Å². The summed E-state index contributed by atoms with van der Waals surface area (Å²) in [5.74, 6) is 0. The van der Waals surface area contributed by atoms with Gasteiger partial charge in [0, 0.05) is 6.92 Å². The molecule has 0 bridgehead atoms. The van der Waals surface area contributed by atoms with E-state index < -0.39 is 0 Å². The average molecular weight is 278 g/mol. The van der Waals surface area contributed by atoms with Crippen LogP contribution in [0.1, 0.15) is 46.5 Å². The Morgan fingerprint density at radius 2 is 1.42 bits per heavy atom. The number of thiocarbonyl (C=S) groups is 1. The van der Waals surface area contributed by atoms with Crippen molar-refractivity contribution in [2.24, 2.45) is 0 Å². The Morgan fingerprint density at radius 1 is 0.895 bits per heavy atom. The summed E-state index contributed by atoms with van der Waals surface area (Å²) in [6, 6.07) is 0. The topological polar surface area (TPSA) is 9.23 Å². The van der Waals surface area contributed by atoms with Crippen molar-refractivity contribution in [3.05, 3.63) is 48.6 Å². The van der Waals surface area contributed by atoms with Gasteiger partial charge >= 0.3 is 0 Å². The lowest BCUT2D eigenvalue weighted by molar-refractivity contribution is 0.288. The maximum atomic E-state index is 5.53. The smallest absolute Gasteiger partial charge is 0.158 e. The molecule has 0 aromatic rings. The van der Waals surface area contributed by atoms with Crippen LogP contribution >= 0.6 is 12.2 Å². The predicted octanol–water partition coefficient (Wildman–Crippen LogP) is 5.54. The Balaban J connectivity index is 4.05. The summed E-state index contributed by atoms with van der Waals surface area (Å²) >= 11 is 4.97. The van der Waals surface area contributed by atoms with Crippen molar-refractivity contribution in [1.82, 2.24) is 0 Å². The van der Waals surface area contributed by atoms with Gasteiger partial charge in [-0.05, 0) is 50.1 Å². The van der Waals surface area contributed by atoms with E-state index in [0.717, 1.165) is 25.7 Å². The lowest BCUT2D eigenvalue weighted by atomic mass is 10.2. The third kappa shape index (κ3) is 13.1. The minimum atomic E-state index is -0.0363. The average Bonchev–Trinajstić information content (AvgIpc) is 2.38. The van der Waals surface area contributed by atoms with E-state index >= 15 is 0 Å². The maximum Gasteiger partial charge on any atom is 0.158 e. The Bertz CT molecular complexity index is 337. The summed E-state index contributed by atoms with van der Waals surface area (Å²) in [6.45, 7) is 6.05. The second-order valence-corrected chi connectivity index (χ2v) is 4.74. The molecular weight excluding hydrogens is 252 g/mol. The highest BCUT2D eigenvalue weighted by molar-refractivity contribution is 7.80. The van der Waals surface area contributed by atoms with E-state index in [2.05, 4.69) is 50.3 Å². The number of hydrogen-bond acceptors (Lipinski definition) is 2. The predicted molar refractivity (Wildman–Crippen MR) is 89.5 cm³/mol. The van der Waals surface area contributed by atoms with Crippen LogP contribution in [-0.4, -0.2) is 11.2 Å². The minimum Gasteiger partial charge on any atom is -0.476 e. The van der Waals surface area contributed by atoms with Gasteiger partial charge in [0.25, 0.3) is 0 Å². The first-order valence-electron chi connectivity index (χ1n) is 7.01. The fraction of sp³-hybridized carbons (Fsp3) is 0.471. The molecule has 0 aliphatic carbocycles. The van der Waals surface area contributed by atoms with E-state index in [9.17, 15) is 0 Å². The first kappa shape index (κ1) is 17.8. The van der Waals surface area contributed by atoms with Crippen LogP contribution < -0.4 is 0 Å². The fourth-order valence-corrected chi connectivity index (χ4v) is 1.54. The van der Waals surface area contributed by atoms with Gasteiger partial charge in [0.1, 0.15) is 6.10 Å². The zero-order valence-electron chi connectivity index (χ0n) is 12.3. The third-order valence-electron chi connectivity index (χ3n) is 2.30. The molecule has 0 N–H and O–H groups in total. The van der Waals surface area contributed by atoms with E-state index in [-0.39, 0.29) is 6.10 Å². The molecule has 0 spiro atoms. The van der Waals surface area contributed by atoms with Crippen molar-refractivity contribution < 1.29 is 4.74 Å². The molecule has 0 heterocycles. The highest BCUT2D eigenvalue weighted by Crippen LogP contribution is 2.02. The van der Waals surface area contributed by atoms with Gasteiger partial charge in [-0.15, -0.1) is 0 Å². The second kappa shape index (κ2) is 13.3. The van der Waals surface area contributed by atoms with E-state index in [0.29, 0.717) is 5.05 Å². The van der Waals surface area contributed by atoms with Gasteiger partial charge in [0.15, 0.2) is 5.05 Å². The van der Waals surface area contributed by atoms with Crippen LogP contribution in [-0.2, 0) is 4.74 Å². The van der Waals surface area contributed by atoms with Gasteiger partial charge in [0.05, 0.1) is 0 Å². The second-order valence-electron chi connectivity index (χ2n) is 4.16. The summed E-state index contributed by atoms with van der Waals surface area (Å²) in [6.07, 6.45) is 21.0. The van der Waals surface area contributed by atoms with Crippen LogP contribution in [0, 0.1) is 0 Å². The molecule has 1 nitrogen and oxygen atoms in total. The number of allylic oxidation sites excluding steroid dienone is 6. The van der Waals surface area contributed by atoms with E-state index in [4.69, 9.17) is 17.0 Å². The van der Waals surface area contributed by atoms with Crippen molar-refractivity contribution >= 4 is 17.3 Å². The van der Waals surface area contributed by atoms with Gasteiger partial charge in [-0.2, -0.15) is 0 Å². The van der Waals surface area contributed by atoms with Gasteiger partial charge in [-0.1, -0.05) is 50.3 Å². The van der Waals surface area contributed by atoms with Crippen LogP contribution in [0.5, 0.6) is 0 Å². The largest absolute Gasteiger partial charge is 0.476 e. The molecule has 2 heteroatoms. The molecule has 1 atom stereocenters. The highest BCUT2D eigenvalue weighted by atomic mass is 32.1. The van der Waals surface area contributed by atoms with Crippen molar-refractivity contribution in [2.75, 3.05) is 0 Å². The molecule has 0 radical (unpaired) electrons. The third-order valence-corrected chi connectivity index (χ3v) is 2.40. The first-order chi connectivity index (χ1) is 9.20. The van der Waals surface area contributed by atoms with Crippen LogP contribution in [0.4, 0.5) is 0 Å². The zero-order valence-corrected chi connectivity index (χ0v) is 13.2. The normalized spacial score (nSPS) is 14.1. The maximum absolute atomic E-state index is 5.53. The Labute approximate surface area is 123 Å². The Kier molecular flexibility index (Phi) is 12.5. The van der Waals surface area contributed by atoms with Crippen LogP contribution in [0.3, 0.4) is 0 Å². The minimum absolute atomic E-state index is 0.0363. The van der Waals surface area contributed by atoms with E-state index in [1.807, 2.05) is 12.2 Å². The molecule has 0 aliphatic rings. The molecule has 0 saturated carbocycles. The summed E-state index contributed by atoms with van der Waals surface area (Å²) in [7, 11) is 0. The first-order valence-corrected chi connectivity index (χ1v) is 7.42.